The van der Waals surface area contributed by atoms with E-state index >= 15 is 0 Å². The Hall–Kier alpha value is -2.13. The molecule has 5 nitrogen and oxygen atoms in total. The molecular weight excluding hydrogens is 498 g/mol. The number of rotatable bonds is 14. The molecule has 0 aliphatic carbocycles. The molecule has 0 saturated heterocycles. The Balaban J connectivity index is 2.31. The fraction of sp³-hybridized carbons (Fsp3) is 0.652. The van der Waals surface area contributed by atoms with Crippen molar-refractivity contribution in [2.45, 2.75) is 82.7 Å². The molecule has 0 aromatic heterocycles. The molecule has 0 aliphatic heterocycles. The largest absolute Gasteiger partial charge is 0.417 e. The molecule has 12 heteroatoms. The summed E-state index contributed by atoms with van der Waals surface area (Å²) in [5.74, 6) is -0.460. The summed E-state index contributed by atoms with van der Waals surface area (Å²) in [6, 6.07) is 4.21. The van der Waals surface area contributed by atoms with E-state index in [0.717, 1.165) is 31.4 Å². The topological polar surface area (TPSA) is 90.2 Å². The van der Waals surface area contributed by atoms with E-state index in [1.807, 2.05) is 0 Å². The van der Waals surface area contributed by atoms with Gasteiger partial charge >= 0.3 is 12.4 Å². The number of unbranched alkanes of at least 4 members (excludes halogenated alkanes) is 5. The predicted octanol–water partition coefficient (Wildman–Crippen LogP) is 6.09. The molecule has 0 bridgehead atoms. The van der Waals surface area contributed by atoms with Gasteiger partial charge in [-0.25, -0.2) is 0 Å². The van der Waals surface area contributed by atoms with Crippen LogP contribution in [0.3, 0.4) is 0 Å². The molecule has 0 heterocycles. The Morgan fingerprint density at radius 1 is 0.971 bits per heavy atom. The van der Waals surface area contributed by atoms with E-state index in [9.17, 15) is 40.5 Å². The van der Waals surface area contributed by atoms with Gasteiger partial charge in [-0.1, -0.05) is 32.1 Å². The molecule has 0 fully saturated rings. The van der Waals surface area contributed by atoms with Crippen LogP contribution in [-0.2, 0) is 21.8 Å². The smallest absolute Gasteiger partial charge is 0.380 e. The molecule has 1 rings (SSSR count). The van der Waals surface area contributed by atoms with Crippen molar-refractivity contribution in [1.29, 1.82) is 5.26 Å². The van der Waals surface area contributed by atoms with Crippen LogP contribution in [0.25, 0.3) is 0 Å². The lowest BCUT2D eigenvalue weighted by atomic mass is 9.96. The van der Waals surface area contributed by atoms with Crippen LogP contribution < -0.4 is 5.32 Å². The third kappa shape index (κ3) is 12.4. The standard InChI is InChI=1S/C23H30F6N2O3S/c1-21(33,20(32)31-18-10-9-17(16-30)19(15-18)23(27,28)29)11-6-4-2-3-5-7-13-35(34)14-8-12-22(24,25)26/h9-10,15,33H,2-8,11-14H2,1H3,(H,31,32). The van der Waals surface area contributed by atoms with E-state index in [-0.39, 0.29) is 24.3 Å². The number of hydrogen-bond acceptors (Lipinski definition) is 4. The van der Waals surface area contributed by atoms with Crippen molar-refractivity contribution in [3.8, 4) is 6.07 Å². The van der Waals surface area contributed by atoms with E-state index in [1.165, 1.54) is 13.0 Å². The average molecular weight is 529 g/mol. The van der Waals surface area contributed by atoms with Gasteiger partial charge in [0.15, 0.2) is 0 Å². The number of nitrogens with one attached hydrogen (secondary N) is 1. The highest BCUT2D eigenvalue weighted by Crippen LogP contribution is 2.34. The maximum Gasteiger partial charge on any atom is 0.417 e. The third-order valence-electron chi connectivity index (χ3n) is 5.31. The molecule has 2 N–H and O–H groups in total. The number of nitrogens with zero attached hydrogens (tertiary/aromatic N) is 1. The van der Waals surface area contributed by atoms with Crippen molar-refractivity contribution in [2.24, 2.45) is 0 Å². The van der Waals surface area contributed by atoms with Crippen molar-refractivity contribution in [3.05, 3.63) is 29.3 Å². The highest BCUT2D eigenvalue weighted by Gasteiger charge is 2.35. The summed E-state index contributed by atoms with van der Waals surface area (Å²) < 4.78 is 87.1. The maximum absolute atomic E-state index is 13.1. The zero-order valence-corrected chi connectivity index (χ0v) is 20.2. The van der Waals surface area contributed by atoms with Gasteiger partial charge < -0.3 is 10.4 Å². The second-order valence-electron chi connectivity index (χ2n) is 8.54. The zero-order chi connectivity index (χ0) is 26.7. The summed E-state index contributed by atoms with van der Waals surface area (Å²) in [7, 11) is -1.26. The lowest BCUT2D eigenvalue weighted by Gasteiger charge is -2.22. The van der Waals surface area contributed by atoms with Crippen molar-refractivity contribution < 1.29 is 40.5 Å². The fourth-order valence-corrected chi connectivity index (χ4v) is 4.50. The molecule has 2 atom stereocenters. The number of amides is 1. The molecule has 0 spiro atoms. The van der Waals surface area contributed by atoms with Gasteiger partial charge in [0.2, 0.25) is 0 Å². The van der Waals surface area contributed by atoms with E-state index in [1.54, 1.807) is 0 Å². The molecule has 198 valence electrons. The van der Waals surface area contributed by atoms with Crippen LogP contribution in [0, 0.1) is 11.3 Å². The number of nitriles is 1. The highest BCUT2D eigenvalue weighted by molar-refractivity contribution is 7.84. The van der Waals surface area contributed by atoms with Crippen LogP contribution in [0.1, 0.15) is 75.8 Å². The van der Waals surface area contributed by atoms with Gasteiger partial charge in [0.25, 0.3) is 5.91 Å². The first-order valence-electron chi connectivity index (χ1n) is 11.2. The van der Waals surface area contributed by atoms with Crippen molar-refractivity contribution in [1.82, 2.24) is 0 Å². The summed E-state index contributed by atoms with van der Waals surface area (Å²) in [4.78, 5) is 12.3. The third-order valence-corrected chi connectivity index (χ3v) is 6.80. The summed E-state index contributed by atoms with van der Waals surface area (Å²) in [5, 5.41) is 21.5. The van der Waals surface area contributed by atoms with Crippen molar-refractivity contribution in [3.63, 3.8) is 0 Å². The minimum atomic E-state index is -4.77. The average Bonchev–Trinajstić information content (AvgIpc) is 2.74. The first-order valence-corrected chi connectivity index (χ1v) is 12.7. The lowest BCUT2D eigenvalue weighted by molar-refractivity contribution is -0.138. The van der Waals surface area contributed by atoms with Gasteiger partial charge in [0, 0.05) is 34.4 Å². The SMILES string of the molecule is CC(O)(CCCCCCCCS(=O)CCCC(F)(F)F)C(=O)Nc1ccc(C#N)c(C(F)(F)F)c1. The molecule has 1 aromatic carbocycles. The van der Waals surface area contributed by atoms with Crippen LogP contribution in [-0.4, -0.2) is 38.5 Å². The number of halogens is 6. The first kappa shape index (κ1) is 30.9. The van der Waals surface area contributed by atoms with Crippen LogP contribution in [0.5, 0.6) is 0 Å². The first-order chi connectivity index (χ1) is 16.2. The maximum atomic E-state index is 13.1. The molecule has 0 aliphatic rings. The van der Waals surface area contributed by atoms with Gasteiger partial charge in [-0.15, -0.1) is 0 Å². The number of hydrogen-bond donors (Lipinski definition) is 2. The molecule has 1 aromatic rings. The van der Waals surface area contributed by atoms with Gasteiger partial charge in [-0.3, -0.25) is 9.00 Å². The monoisotopic (exact) mass is 528 g/mol. The second-order valence-corrected chi connectivity index (χ2v) is 10.2. The molecular formula is C23H30F6N2O3S. The van der Waals surface area contributed by atoms with E-state index in [2.05, 4.69) is 5.32 Å². The summed E-state index contributed by atoms with van der Waals surface area (Å²) in [6.07, 6.45) is -5.80. The summed E-state index contributed by atoms with van der Waals surface area (Å²) in [6.45, 7) is 1.27. The molecule has 1 amide bonds. The number of benzene rings is 1. The van der Waals surface area contributed by atoms with E-state index in [4.69, 9.17) is 5.26 Å². The number of carbonyl (C=O) groups is 1. The minimum Gasteiger partial charge on any atom is -0.380 e. The molecule has 2 unspecified atom stereocenters. The Kier molecular flexibility index (Phi) is 12.2. The van der Waals surface area contributed by atoms with Gasteiger partial charge in [0.1, 0.15) is 5.60 Å². The lowest BCUT2D eigenvalue weighted by Crippen LogP contribution is -2.40. The number of alkyl halides is 6. The molecule has 0 saturated carbocycles. The Morgan fingerprint density at radius 3 is 2.11 bits per heavy atom. The Morgan fingerprint density at radius 2 is 1.54 bits per heavy atom. The number of carbonyl (C=O) groups excluding carboxylic acids is 1. The molecule has 35 heavy (non-hydrogen) atoms. The Bertz CT molecular complexity index is 895. The van der Waals surface area contributed by atoms with E-state index < -0.39 is 52.2 Å². The quantitative estimate of drug-likeness (QED) is 0.226. The Labute approximate surface area is 203 Å². The summed E-state index contributed by atoms with van der Waals surface area (Å²) >= 11 is 0. The van der Waals surface area contributed by atoms with Gasteiger partial charge in [-0.05, 0) is 44.4 Å². The van der Waals surface area contributed by atoms with E-state index in [0.29, 0.717) is 31.1 Å². The van der Waals surface area contributed by atoms with Gasteiger partial charge in [0.05, 0.1) is 17.2 Å². The van der Waals surface area contributed by atoms with Gasteiger partial charge in [-0.2, -0.15) is 31.6 Å². The van der Waals surface area contributed by atoms with Crippen LogP contribution >= 0.6 is 0 Å². The fourth-order valence-electron chi connectivity index (χ4n) is 3.31. The number of anilines is 1. The van der Waals surface area contributed by atoms with Crippen molar-refractivity contribution >= 4 is 22.4 Å². The van der Waals surface area contributed by atoms with Crippen LogP contribution in [0.4, 0.5) is 32.0 Å². The second kappa shape index (κ2) is 13.8. The zero-order valence-electron chi connectivity index (χ0n) is 19.4. The van der Waals surface area contributed by atoms with Crippen molar-refractivity contribution in [2.75, 3.05) is 16.8 Å². The van der Waals surface area contributed by atoms with Crippen LogP contribution in [0.15, 0.2) is 18.2 Å². The predicted molar refractivity (Wildman–Crippen MR) is 121 cm³/mol. The minimum absolute atomic E-state index is 0.0383. The normalized spacial score (nSPS) is 14.7. The summed E-state index contributed by atoms with van der Waals surface area (Å²) in [5.41, 5.74) is -3.74. The highest BCUT2D eigenvalue weighted by atomic mass is 32.2. The molecule has 0 radical (unpaired) electrons. The number of aliphatic hydroxyl groups is 1. The van der Waals surface area contributed by atoms with Crippen LogP contribution in [0.2, 0.25) is 0 Å².